The van der Waals surface area contributed by atoms with E-state index in [1.54, 1.807) is 12.1 Å². The Hall–Kier alpha value is -1.66. The van der Waals surface area contributed by atoms with E-state index in [4.69, 9.17) is 0 Å². The number of hydrogen-bond acceptors (Lipinski definition) is 2. The van der Waals surface area contributed by atoms with Crippen molar-refractivity contribution in [1.82, 2.24) is 0 Å². The van der Waals surface area contributed by atoms with Gasteiger partial charge in [0.25, 0.3) is 0 Å². The summed E-state index contributed by atoms with van der Waals surface area (Å²) in [6, 6.07) is 13.4. The second-order valence-electron chi connectivity index (χ2n) is 7.56. The van der Waals surface area contributed by atoms with E-state index in [1.807, 2.05) is 18.2 Å². The summed E-state index contributed by atoms with van der Waals surface area (Å²) < 4.78 is 12.9. The first-order valence-electron chi connectivity index (χ1n) is 9.05. The summed E-state index contributed by atoms with van der Waals surface area (Å²) in [4.78, 5) is 13.2. The Morgan fingerprint density at radius 2 is 1.28 bits per heavy atom. The van der Waals surface area contributed by atoms with Crippen molar-refractivity contribution in [3.05, 3.63) is 64.7 Å². The second-order valence-corrected chi connectivity index (χ2v) is 9.25. The largest absolute Gasteiger partial charge is 0.313 e. The van der Waals surface area contributed by atoms with Gasteiger partial charge in [-0.2, -0.15) is 0 Å². The van der Waals surface area contributed by atoms with E-state index in [-0.39, 0.29) is 17.4 Å². The summed E-state index contributed by atoms with van der Waals surface area (Å²) in [6.45, 7) is 12.7. The molecule has 0 amide bonds. The first kappa shape index (κ1) is 19.7. The van der Waals surface area contributed by atoms with E-state index in [0.29, 0.717) is 16.8 Å². The minimum Gasteiger partial charge on any atom is -0.313 e. The maximum absolute atomic E-state index is 13.2. The molecule has 1 unspecified atom stereocenters. The Balaban J connectivity index is 2.66. The quantitative estimate of drug-likeness (QED) is 0.588. The van der Waals surface area contributed by atoms with Gasteiger partial charge in [-0.3, -0.25) is 4.79 Å². The predicted octanol–water partition coefficient (Wildman–Crippen LogP) is 6.08. The zero-order valence-electron chi connectivity index (χ0n) is 16.1. The van der Waals surface area contributed by atoms with Crippen molar-refractivity contribution in [3.8, 4) is 0 Å². The topological polar surface area (TPSA) is 34.1 Å². The Morgan fingerprint density at radius 3 is 1.68 bits per heavy atom. The first-order chi connectivity index (χ1) is 11.7. The number of rotatable bonds is 6. The third kappa shape index (κ3) is 4.30. The molecular formula is C22H29O2P. The molecule has 0 N–H and O–H groups in total. The highest BCUT2D eigenvalue weighted by Gasteiger charge is 2.26. The van der Waals surface area contributed by atoms with Crippen LogP contribution in [0.5, 0.6) is 0 Å². The fraction of sp³-hybridized carbons (Fsp3) is 0.409. The summed E-state index contributed by atoms with van der Waals surface area (Å²) in [5.41, 5.74) is 3.76. The van der Waals surface area contributed by atoms with Gasteiger partial charge in [0.15, 0.2) is 7.80 Å². The average molecular weight is 356 g/mol. The molecule has 2 rings (SSSR count). The standard InChI is InChI=1S/C22H29O2P/c1-14(2)17-12-19(15(3)4)21(20(13-17)16(5)6)22(23)25(24)18-10-8-7-9-11-18/h7-16,25H,1-6H3. The van der Waals surface area contributed by atoms with Gasteiger partial charge in [-0.1, -0.05) is 84.0 Å². The van der Waals surface area contributed by atoms with Crippen LogP contribution in [-0.2, 0) is 4.57 Å². The highest BCUT2D eigenvalue weighted by atomic mass is 31.1. The van der Waals surface area contributed by atoms with Crippen LogP contribution in [0.2, 0.25) is 0 Å². The fourth-order valence-corrected chi connectivity index (χ4v) is 4.33. The summed E-state index contributed by atoms with van der Waals surface area (Å²) in [6.07, 6.45) is 0. The Kier molecular flexibility index (Phi) is 6.41. The van der Waals surface area contributed by atoms with Gasteiger partial charge in [-0.25, -0.2) is 0 Å². The summed E-state index contributed by atoms with van der Waals surface area (Å²) >= 11 is 0. The molecule has 1 atom stereocenters. The van der Waals surface area contributed by atoms with Crippen molar-refractivity contribution in [2.75, 3.05) is 0 Å². The van der Waals surface area contributed by atoms with Gasteiger partial charge in [-0.15, -0.1) is 0 Å². The number of benzene rings is 2. The van der Waals surface area contributed by atoms with Gasteiger partial charge >= 0.3 is 0 Å². The SMILES string of the molecule is CC(C)c1cc(C(C)C)c(C(=O)[PH](=O)c2ccccc2)c(C(C)C)c1. The monoisotopic (exact) mass is 356 g/mol. The number of carbonyl (C=O) groups excluding carboxylic acids is 1. The van der Waals surface area contributed by atoms with Gasteiger partial charge in [0.2, 0.25) is 5.52 Å². The van der Waals surface area contributed by atoms with Gasteiger partial charge in [0.1, 0.15) is 0 Å². The molecule has 0 bridgehead atoms. The van der Waals surface area contributed by atoms with Crippen molar-refractivity contribution in [2.45, 2.75) is 59.3 Å². The molecule has 134 valence electrons. The second kappa shape index (κ2) is 8.15. The van der Waals surface area contributed by atoms with Crippen LogP contribution in [0, 0.1) is 0 Å². The molecule has 25 heavy (non-hydrogen) atoms. The molecule has 0 radical (unpaired) electrons. The van der Waals surface area contributed by atoms with Crippen LogP contribution in [0.3, 0.4) is 0 Å². The van der Waals surface area contributed by atoms with E-state index in [2.05, 4.69) is 53.7 Å². The lowest BCUT2D eigenvalue weighted by Gasteiger charge is -2.22. The van der Waals surface area contributed by atoms with Crippen molar-refractivity contribution in [3.63, 3.8) is 0 Å². The lowest BCUT2D eigenvalue weighted by molar-refractivity contribution is 0.107. The molecule has 0 aliphatic carbocycles. The minimum absolute atomic E-state index is 0.209. The number of carbonyl (C=O) groups is 1. The third-order valence-corrected chi connectivity index (χ3v) is 6.12. The maximum Gasteiger partial charge on any atom is 0.223 e. The predicted molar refractivity (Wildman–Crippen MR) is 108 cm³/mol. The van der Waals surface area contributed by atoms with Crippen molar-refractivity contribution in [2.24, 2.45) is 0 Å². The zero-order chi connectivity index (χ0) is 18.7. The van der Waals surface area contributed by atoms with Crippen LogP contribution in [0.1, 0.15) is 86.3 Å². The Labute approximate surface area is 152 Å². The van der Waals surface area contributed by atoms with Crippen molar-refractivity contribution in [1.29, 1.82) is 0 Å². The molecule has 2 nitrogen and oxygen atoms in total. The van der Waals surface area contributed by atoms with E-state index >= 15 is 0 Å². The zero-order valence-corrected chi connectivity index (χ0v) is 17.1. The highest BCUT2D eigenvalue weighted by molar-refractivity contribution is 7.71. The van der Waals surface area contributed by atoms with Crippen LogP contribution in [0.15, 0.2) is 42.5 Å². The molecule has 0 heterocycles. The smallest absolute Gasteiger partial charge is 0.223 e. The van der Waals surface area contributed by atoms with E-state index in [0.717, 1.165) is 11.1 Å². The van der Waals surface area contributed by atoms with E-state index < -0.39 is 7.80 Å². The van der Waals surface area contributed by atoms with Crippen LogP contribution in [0.4, 0.5) is 0 Å². The molecule has 0 aromatic heterocycles. The molecule has 2 aromatic carbocycles. The van der Waals surface area contributed by atoms with Crippen LogP contribution < -0.4 is 5.30 Å². The Morgan fingerprint density at radius 1 is 0.800 bits per heavy atom. The molecular weight excluding hydrogens is 327 g/mol. The highest BCUT2D eigenvalue weighted by Crippen LogP contribution is 2.37. The third-order valence-electron chi connectivity index (χ3n) is 4.60. The normalized spacial score (nSPS) is 12.8. The lowest BCUT2D eigenvalue weighted by atomic mass is 9.85. The summed E-state index contributed by atoms with van der Waals surface area (Å²) in [5.74, 6) is 0.812. The molecule has 3 heteroatoms. The molecule has 0 spiro atoms. The fourth-order valence-electron chi connectivity index (χ4n) is 3.05. The average Bonchev–Trinajstić information content (AvgIpc) is 2.59. The number of hydrogen-bond donors (Lipinski definition) is 0. The maximum atomic E-state index is 13.2. The van der Waals surface area contributed by atoms with E-state index in [1.165, 1.54) is 5.56 Å². The molecule has 0 aliphatic heterocycles. The molecule has 0 fully saturated rings. The van der Waals surface area contributed by atoms with Gasteiger partial charge in [0.05, 0.1) is 0 Å². The van der Waals surface area contributed by atoms with E-state index in [9.17, 15) is 9.36 Å². The van der Waals surface area contributed by atoms with Crippen LogP contribution in [-0.4, -0.2) is 5.52 Å². The molecule has 0 aliphatic rings. The van der Waals surface area contributed by atoms with Gasteiger partial charge in [-0.05, 0) is 34.4 Å². The first-order valence-corrected chi connectivity index (χ1v) is 10.5. The summed E-state index contributed by atoms with van der Waals surface area (Å²) in [7, 11) is -2.53. The molecule has 2 aromatic rings. The van der Waals surface area contributed by atoms with Gasteiger partial charge < -0.3 is 4.57 Å². The Bertz CT molecular complexity index is 745. The lowest BCUT2D eigenvalue weighted by Crippen LogP contribution is -2.12. The van der Waals surface area contributed by atoms with Crippen LogP contribution >= 0.6 is 7.80 Å². The van der Waals surface area contributed by atoms with Gasteiger partial charge in [0, 0.05) is 10.9 Å². The van der Waals surface area contributed by atoms with Crippen molar-refractivity contribution >= 4 is 18.6 Å². The van der Waals surface area contributed by atoms with Crippen LogP contribution in [0.25, 0.3) is 0 Å². The molecule has 0 saturated carbocycles. The van der Waals surface area contributed by atoms with Crippen molar-refractivity contribution < 1.29 is 9.36 Å². The molecule has 0 saturated heterocycles. The minimum atomic E-state index is -2.53. The summed E-state index contributed by atoms with van der Waals surface area (Å²) in [5, 5.41) is 0.634.